The Balaban J connectivity index is 1.62. The number of nitrogens with zero attached hydrogens (tertiary/aromatic N) is 1. The normalized spacial score (nSPS) is 14.1. The highest BCUT2D eigenvalue weighted by atomic mass is 19.1. The summed E-state index contributed by atoms with van der Waals surface area (Å²) in [5.74, 6) is -0.0456. The summed E-state index contributed by atoms with van der Waals surface area (Å²) < 4.78 is 22.7. The first-order valence-corrected chi connectivity index (χ1v) is 6.27. The molecule has 6 nitrogen and oxygen atoms in total. The van der Waals surface area contributed by atoms with E-state index in [-0.39, 0.29) is 24.8 Å². The third-order valence-electron chi connectivity index (χ3n) is 2.65. The van der Waals surface area contributed by atoms with E-state index >= 15 is 0 Å². The van der Waals surface area contributed by atoms with Crippen molar-refractivity contribution in [2.24, 2.45) is 0 Å². The van der Waals surface area contributed by atoms with Crippen molar-refractivity contribution in [1.82, 2.24) is 10.4 Å². The maximum atomic E-state index is 12.7. The monoisotopic (exact) mass is 282 g/mol. The SMILES string of the molecule is O=C(CCCOc1ccc(F)cc1)NN1CCOC1=O. The van der Waals surface area contributed by atoms with Crippen LogP contribution in [0.1, 0.15) is 12.8 Å². The van der Waals surface area contributed by atoms with Crippen LogP contribution in [0.25, 0.3) is 0 Å². The maximum Gasteiger partial charge on any atom is 0.428 e. The van der Waals surface area contributed by atoms with Crippen molar-refractivity contribution < 1.29 is 23.5 Å². The molecule has 108 valence electrons. The maximum absolute atomic E-state index is 12.7. The van der Waals surface area contributed by atoms with E-state index in [1.165, 1.54) is 24.3 Å². The van der Waals surface area contributed by atoms with Gasteiger partial charge in [0, 0.05) is 6.42 Å². The van der Waals surface area contributed by atoms with Gasteiger partial charge in [-0.1, -0.05) is 0 Å². The summed E-state index contributed by atoms with van der Waals surface area (Å²) in [5.41, 5.74) is 2.45. The molecule has 0 radical (unpaired) electrons. The second kappa shape index (κ2) is 6.74. The zero-order chi connectivity index (χ0) is 14.4. The Kier molecular flexibility index (Phi) is 4.75. The number of rotatable bonds is 6. The fraction of sp³-hybridized carbons (Fsp3) is 0.385. The Morgan fingerprint density at radius 3 is 2.80 bits per heavy atom. The van der Waals surface area contributed by atoms with Gasteiger partial charge in [0.1, 0.15) is 18.2 Å². The summed E-state index contributed by atoms with van der Waals surface area (Å²) in [5, 5.41) is 1.14. The molecule has 0 aliphatic carbocycles. The van der Waals surface area contributed by atoms with Crippen molar-refractivity contribution in [1.29, 1.82) is 0 Å². The van der Waals surface area contributed by atoms with E-state index in [0.717, 1.165) is 5.01 Å². The lowest BCUT2D eigenvalue weighted by atomic mass is 10.3. The Hall–Kier alpha value is -2.31. The summed E-state index contributed by atoms with van der Waals surface area (Å²) >= 11 is 0. The first-order valence-electron chi connectivity index (χ1n) is 6.27. The minimum Gasteiger partial charge on any atom is -0.494 e. The van der Waals surface area contributed by atoms with E-state index in [4.69, 9.17) is 4.74 Å². The van der Waals surface area contributed by atoms with Crippen LogP contribution in [0, 0.1) is 5.82 Å². The Bertz CT molecular complexity index is 478. The van der Waals surface area contributed by atoms with Gasteiger partial charge < -0.3 is 9.47 Å². The van der Waals surface area contributed by atoms with Crippen LogP contribution in [0.3, 0.4) is 0 Å². The highest BCUT2D eigenvalue weighted by Crippen LogP contribution is 2.11. The molecule has 20 heavy (non-hydrogen) atoms. The highest BCUT2D eigenvalue weighted by Gasteiger charge is 2.23. The van der Waals surface area contributed by atoms with Gasteiger partial charge in [0.05, 0.1) is 13.2 Å². The first kappa shape index (κ1) is 14.1. The van der Waals surface area contributed by atoms with E-state index in [0.29, 0.717) is 25.3 Å². The van der Waals surface area contributed by atoms with Gasteiger partial charge in [-0.25, -0.2) is 14.2 Å². The molecule has 1 aliphatic heterocycles. The van der Waals surface area contributed by atoms with Crippen LogP contribution in [0.5, 0.6) is 5.75 Å². The molecule has 7 heteroatoms. The van der Waals surface area contributed by atoms with E-state index < -0.39 is 6.09 Å². The quantitative estimate of drug-likeness (QED) is 0.802. The molecule has 2 rings (SSSR count). The standard InChI is InChI=1S/C13H15FN2O4/c14-10-3-5-11(6-4-10)19-8-1-2-12(17)15-16-7-9-20-13(16)18/h3-6H,1-2,7-9H2,(H,15,17). The van der Waals surface area contributed by atoms with Gasteiger partial charge in [0.2, 0.25) is 5.91 Å². The number of hydrogen-bond donors (Lipinski definition) is 1. The van der Waals surface area contributed by atoms with Gasteiger partial charge >= 0.3 is 6.09 Å². The van der Waals surface area contributed by atoms with Crippen LogP contribution in [-0.2, 0) is 9.53 Å². The topological polar surface area (TPSA) is 67.9 Å². The highest BCUT2D eigenvalue weighted by molar-refractivity contribution is 5.79. The lowest BCUT2D eigenvalue weighted by molar-refractivity contribution is -0.124. The molecule has 0 bridgehead atoms. The Morgan fingerprint density at radius 1 is 1.40 bits per heavy atom. The summed E-state index contributed by atoms with van der Waals surface area (Å²) in [6, 6.07) is 5.66. The Morgan fingerprint density at radius 2 is 2.15 bits per heavy atom. The predicted octanol–water partition coefficient (Wildman–Crippen LogP) is 1.47. The van der Waals surface area contributed by atoms with Crippen LogP contribution in [-0.4, -0.2) is 36.8 Å². The predicted molar refractivity (Wildman–Crippen MR) is 67.3 cm³/mol. The summed E-state index contributed by atoms with van der Waals surface area (Å²) in [4.78, 5) is 22.6. The number of carbonyl (C=O) groups excluding carboxylic acids is 2. The van der Waals surface area contributed by atoms with Gasteiger partial charge in [-0.05, 0) is 30.7 Å². The summed E-state index contributed by atoms with van der Waals surface area (Å²) in [6.45, 7) is 0.979. The number of hydrogen-bond acceptors (Lipinski definition) is 4. The minimum atomic E-state index is -0.541. The lowest BCUT2D eigenvalue weighted by Crippen LogP contribution is -2.42. The van der Waals surface area contributed by atoms with Gasteiger partial charge in [-0.15, -0.1) is 0 Å². The minimum absolute atomic E-state index is 0.227. The zero-order valence-electron chi connectivity index (χ0n) is 10.8. The number of amides is 2. The molecule has 0 aromatic heterocycles. The summed E-state index contributed by atoms with van der Waals surface area (Å²) in [7, 11) is 0. The fourth-order valence-corrected chi connectivity index (χ4v) is 1.65. The van der Waals surface area contributed by atoms with Crippen molar-refractivity contribution in [3.05, 3.63) is 30.1 Å². The van der Waals surface area contributed by atoms with E-state index in [2.05, 4.69) is 10.2 Å². The number of ether oxygens (including phenoxy) is 2. The average molecular weight is 282 g/mol. The third-order valence-corrected chi connectivity index (χ3v) is 2.65. The van der Waals surface area contributed by atoms with Crippen LogP contribution >= 0.6 is 0 Å². The van der Waals surface area contributed by atoms with Crippen molar-refractivity contribution in [2.75, 3.05) is 19.8 Å². The molecule has 0 atom stereocenters. The van der Waals surface area contributed by atoms with Crippen molar-refractivity contribution in [2.45, 2.75) is 12.8 Å². The van der Waals surface area contributed by atoms with Crippen LogP contribution in [0.4, 0.5) is 9.18 Å². The summed E-state index contributed by atoms with van der Waals surface area (Å²) in [6.07, 6.45) is 0.178. The number of halogens is 1. The fourth-order valence-electron chi connectivity index (χ4n) is 1.65. The Labute approximate surface area is 115 Å². The largest absolute Gasteiger partial charge is 0.494 e. The second-order valence-corrected chi connectivity index (χ2v) is 4.21. The molecular weight excluding hydrogens is 267 g/mol. The number of hydrazine groups is 1. The third kappa shape index (κ3) is 4.11. The van der Waals surface area contributed by atoms with E-state index in [9.17, 15) is 14.0 Å². The molecule has 2 amide bonds. The average Bonchev–Trinajstić information content (AvgIpc) is 2.82. The van der Waals surface area contributed by atoms with Crippen LogP contribution in [0.2, 0.25) is 0 Å². The number of carbonyl (C=O) groups is 2. The van der Waals surface area contributed by atoms with Crippen molar-refractivity contribution in [3.8, 4) is 5.75 Å². The number of cyclic esters (lactones) is 1. The zero-order valence-corrected chi connectivity index (χ0v) is 10.8. The first-order chi connectivity index (χ1) is 9.65. The van der Waals surface area contributed by atoms with Crippen LogP contribution < -0.4 is 10.2 Å². The smallest absolute Gasteiger partial charge is 0.428 e. The van der Waals surface area contributed by atoms with Gasteiger partial charge in [-0.2, -0.15) is 0 Å². The molecule has 1 N–H and O–H groups in total. The molecular formula is C13H15FN2O4. The molecule has 0 saturated carbocycles. The lowest BCUT2D eigenvalue weighted by Gasteiger charge is -2.13. The van der Waals surface area contributed by atoms with Crippen molar-refractivity contribution in [3.63, 3.8) is 0 Å². The van der Waals surface area contributed by atoms with E-state index in [1.807, 2.05) is 0 Å². The molecule has 0 unspecified atom stereocenters. The number of benzene rings is 1. The van der Waals surface area contributed by atoms with Crippen molar-refractivity contribution >= 4 is 12.0 Å². The van der Waals surface area contributed by atoms with Gasteiger partial charge in [0.25, 0.3) is 0 Å². The molecule has 1 heterocycles. The van der Waals surface area contributed by atoms with Gasteiger partial charge in [0.15, 0.2) is 0 Å². The molecule has 1 aromatic rings. The molecule has 1 aromatic carbocycles. The molecule has 1 aliphatic rings. The molecule has 0 spiro atoms. The molecule has 1 saturated heterocycles. The van der Waals surface area contributed by atoms with Crippen LogP contribution in [0.15, 0.2) is 24.3 Å². The van der Waals surface area contributed by atoms with E-state index in [1.54, 1.807) is 0 Å². The number of nitrogens with one attached hydrogen (secondary N) is 1. The van der Waals surface area contributed by atoms with Gasteiger partial charge in [-0.3, -0.25) is 10.2 Å². The second-order valence-electron chi connectivity index (χ2n) is 4.21. The molecule has 1 fully saturated rings.